The normalized spacial score (nSPS) is 10.1. The van der Waals surface area contributed by atoms with Crippen LogP contribution < -0.4 is 10.3 Å². The van der Waals surface area contributed by atoms with Crippen molar-refractivity contribution in [2.24, 2.45) is 0 Å². The number of aromatic amines is 1. The highest BCUT2D eigenvalue weighted by Crippen LogP contribution is 2.24. The summed E-state index contributed by atoms with van der Waals surface area (Å²) in [5.41, 5.74) is 2.15. The highest BCUT2D eigenvalue weighted by molar-refractivity contribution is 5.67. The molecule has 0 aliphatic carbocycles. The number of rotatable bonds is 5. The van der Waals surface area contributed by atoms with Gasteiger partial charge in [-0.25, -0.2) is 0 Å². The Bertz CT molecular complexity index is 712. The summed E-state index contributed by atoms with van der Waals surface area (Å²) >= 11 is 0. The molecule has 0 unspecified atom stereocenters. The van der Waals surface area contributed by atoms with Gasteiger partial charge in [-0.05, 0) is 30.7 Å². The number of pyridine rings is 1. The van der Waals surface area contributed by atoms with E-state index in [-0.39, 0.29) is 17.7 Å². The molecule has 0 aliphatic rings. The summed E-state index contributed by atoms with van der Waals surface area (Å²) in [6, 6.07) is 10.9. The first-order valence-corrected chi connectivity index (χ1v) is 6.64. The third-order valence-electron chi connectivity index (χ3n) is 3.10. The van der Waals surface area contributed by atoms with Gasteiger partial charge in [-0.1, -0.05) is 12.1 Å². The molecule has 0 bridgehead atoms. The zero-order valence-corrected chi connectivity index (χ0v) is 11.7. The number of H-pyrrole nitrogens is 1. The summed E-state index contributed by atoms with van der Waals surface area (Å²) in [6.07, 6.45) is 0.590. The minimum Gasteiger partial charge on any atom is -0.494 e. The van der Waals surface area contributed by atoms with E-state index in [2.05, 4.69) is 4.98 Å². The molecule has 2 N–H and O–H groups in total. The van der Waals surface area contributed by atoms with Gasteiger partial charge in [0.1, 0.15) is 17.4 Å². The van der Waals surface area contributed by atoms with Crippen molar-refractivity contribution in [2.45, 2.75) is 13.3 Å². The van der Waals surface area contributed by atoms with E-state index in [9.17, 15) is 4.79 Å². The maximum absolute atomic E-state index is 11.5. The molecule has 2 aromatic rings. The molecule has 1 aromatic carbocycles. The number of aromatic nitrogens is 1. The van der Waals surface area contributed by atoms with Crippen LogP contribution in [-0.4, -0.2) is 23.3 Å². The Morgan fingerprint density at radius 3 is 2.67 bits per heavy atom. The van der Waals surface area contributed by atoms with Gasteiger partial charge in [-0.15, -0.1) is 0 Å². The quantitative estimate of drug-likeness (QED) is 0.822. The lowest BCUT2D eigenvalue weighted by Gasteiger charge is -2.09. The highest BCUT2D eigenvalue weighted by atomic mass is 16.5. The first-order chi connectivity index (χ1) is 10.2. The van der Waals surface area contributed by atoms with Crippen molar-refractivity contribution in [2.75, 3.05) is 13.2 Å². The van der Waals surface area contributed by atoms with E-state index in [1.54, 1.807) is 13.0 Å². The second-order valence-electron chi connectivity index (χ2n) is 4.61. The second kappa shape index (κ2) is 6.73. The molecule has 0 atom stereocenters. The van der Waals surface area contributed by atoms with Gasteiger partial charge in [0.15, 0.2) is 0 Å². The van der Waals surface area contributed by atoms with Gasteiger partial charge in [0, 0.05) is 24.3 Å². The molecule has 5 heteroatoms. The second-order valence-corrected chi connectivity index (χ2v) is 4.61. The van der Waals surface area contributed by atoms with Crippen molar-refractivity contribution in [3.05, 3.63) is 51.9 Å². The molecule has 1 aromatic heterocycles. The van der Waals surface area contributed by atoms with Crippen LogP contribution in [0.2, 0.25) is 0 Å². The number of aryl methyl sites for hydroxylation is 1. The van der Waals surface area contributed by atoms with E-state index < -0.39 is 0 Å². The summed E-state index contributed by atoms with van der Waals surface area (Å²) in [5, 5.41) is 17.6. The lowest BCUT2D eigenvalue weighted by molar-refractivity contribution is 0.233. The Labute approximate surface area is 122 Å². The van der Waals surface area contributed by atoms with Gasteiger partial charge < -0.3 is 14.8 Å². The zero-order valence-electron chi connectivity index (χ0n) is 11.7. The number of aliphatic hydroxyl groups excluding tert-OH is 1. The average molecular weight is 284 g/mol. The first-order valence-electron chi connectivity index (χ1n) is 6.64. The smallest absolute Gasteiger partial charge is 0.266 e. The van der Waals surface area contributed by atoms with Gasteiger partial charge in [0.2, 0.25) is 0 Å². The van der Waals surface area contributed by atoms with Crippen LogP contribution in [0, 0.1) is 18.3 Å². The molecule has 108 valence electrons. The molecule has 0 spiro atoms. The summed E-state index contributed by atoms with van der Waals surface area (Å²) < 4.78 is 5.46. The number of hydrogen-bond donors (Lipinski definition) is 2. The van der Waals surface area contributed by atoms with Crippen molar-refractivity contribution in [1.82, 2.24) is 4.98 Å². The maximum Gasteiger partial charge on any atom is 0.266 e. The molecule has 5 nitrogen and oxygen atoms in total. The molecule has 21 heavy (non-hydrogen) atoms. The number of aliphatic hydroxyl groups is 1. The van der Waals surface area contributed by atoms with E-state index in [0.29, 0.717) is 18.7 Å². The zero-order chi connectivity index (χ0) is 15.2. The van der Waals surface area contributed by atoms with Crippen LogP contribution in [0.1, 0.15) is 17.7 Å². The predicted octanol–water partition coefficient (Wildman–Crippen LogP) is 1.98. The number of benzene rings is 1. The largest absolute Gasteiger partial charge is 0.494 e. The number of nitriles is 1. The summed E-state index contributed by atoms with van der Waals surface area (Å²) in [5.74, 6) is 0.717. The molecule has 0 amide bonds. The molecular formula is C16H16N2O3. The van der Waals surface area contributed by atoms with E-state index in [0.717, 1.165) is 16.9 Å². The van der Waals surface area contributed by atoms with Crippen molar-refractivity contribution in [3.8, 4) is 22.9 Å². The average Bonchev–Trinajstić information content (AvgIpc) is 2.49. The molecule has 0 fully saturated rings. The maximum atomic E-state index is 11.5. The van der Waals surface area contributed by atoms with Gasteiger partial charge in [0.25, 0.3) is 5.56 Å². The minimum atomic E-state index is -0.372. The predicted molar refractivity (Wildman–Crippen MR) is 79.1 cm³/mol. The lowest BCUT2D eigenvalue weighted by atomic mass is 10.0. The van der Waals surface area contributed by atoms with Crippen molar-refractivity contribution >= 4 is 0 Å². The first kappa shape index (κ1) is 14.8. The van der Waals surface area contributed by atoms with Gasteiger partial charge in [0.05, 0.1) is 6.61 Å². The Hall–Kier alpha value is -2.58. The molecule has 0 aliphatic heterocycles. The van der Waals surface area contributed by atoms with E-state index in [1.807, 2.05) is 30.3 Å². The molecular weight excluding hydrogens is 268 g/mol. The number of nitrogens with zero attached hydrogens (tertiary/aromatic N) is 1. The number of ether oxygens (including phenoxy) is 1. The van der Waals surface area contributed by atoms with Crippen molar-refractivity contribution < 1.29 is 9.84 Å². The summed E-state index contributed by atoms with van der Waals surface area (Å²) in [4.78, 5) is 14.2. The molecule has 0 radical (unpaired) electrons. The standard InChI is InChI=1S/C16H16N2O3/c1-11-15(9-13(10-17)16(20)18-11)12-3-5-14(6-4-12)21-8-2-7-19/h3-6,9,19H,2,7-8H2,1H3,(H,18,20). The van der Waals surface area contributed by atoms with Gasteiger partial charge in [-0.2, -0.15) is 5.26 Å². The van der Waals surface area contributed by atoms with Crippen molar-refractivity contribution in [3.63, 3.8) is 0 Å². The fourth-order valence-electron chi connectivity index (χ4n) is 1.99. The van der Waals surface area contributed by atoms with Crippen LogP contribution in [0.25, 0.3) is 11.1 Å². The third kappa shape index (κ3) is 3.50. The SMILES string of the molecule is Cc1[nH]c(=O)c(C#N)cc1-c1ccc(OCCCO)cc1. The summed E-state index contributed by atoms with van der Waals surface area (Å²) in [7, 11) is 0. The summed E-state index contributed by atoms with van der Waals surface area (Å²) in [6.45, 7) is 2.36. The van der Waals surface area contributed by atoms with E-state index >= 15 is 0 Å². The van der Waals surface area contributed by atoms with Crippen LogP contribution in [0.4, 0.5) is 0 Å². The van der Waals surface area contributed by atoms with E-state index in [1.165, 1.54) is 0 Å². The van der Waals surface area contributed by atoms with Crippen LogP contribution in [0.5, 0.6) is 5.75 Å². The Kier molecular flexibility index (Phi) is 4.75. The fraction of sp³-hybridized carbons (Fsp3) is 0.250. The van der Waals surface area contributed by atoms with Crippen LogP contribution >= 0.6 is 0 Å². The Morgan fingerprint density at radius 2 is 2.05 bits per heavy atom. The highest BCUT2D eigenvalue weighted by Gasteiger charge is 2.07. The molecule has 2 rings (SSSR count). The van der Waals surface area contributed by atoms with Crippen LogP contribution in [0.3, 0.4) is 0 Å². The Balaban J connectivity index is 2.27. The fourth-order valence-corrected chi connectivity index (χ4v) is 1.99. The number of nitrogens with one attached hydrogen (secondary N) is 1. The monoisotopic (exact) mass is 284 g/mol. The Morgan fingerprint density at radius 1 is 1.33 bits per heavy atom. The van der Waals surface area contributed by atoms with Crippen LogP contribution in [-0.2, 0) is 0 Å². The van der Waals surface area contributed by atoms with Gasteiger partial charge in [-0.3, -0.25) is 4.79 Å². The van der Waals surface area contributed by atoms with Crippen molar-refractivity contribution in [1.29, 1.82) is 5.26 Å². The van der Waals surface area contributed by atoms with Gasteiger partial charge >= 0.3 is 0 Å². The van der Waals surface area contributed by atoms with Crippen LogP contribution in [0.15, 0.2) is 35.1 Å². The molecule has 0 saturated heterocycles. The lowest BCUT2D eigenvalue weighted by Crippen LogP contribution is -2.11. The third-order valence-corrected chi connectivity index (χ3v) is 3.10. The van der Waals surface area contributed by atoms with E-state index in [4.69, 9.17) is 15.1 Å². The molecule has 0 saturated carbocycles. The number of hydrogen-bond acceptors (Lipinski definition) is 4. The minimum absolute atomic E-state index is 0.0962. The molecule has 1 heterocycles. The topological polar surface area (TPSA) is 86.1 Å².